The predicted molar refractivity (Wildman–Crippen MR) is 83.0 cm³/mol. The quantitative estimate of drug-likeness (QED) is 0.844. The molecule has 112 valence electrons. The molecule has 0 bridgehead atoms. The zero-order valence-electron chi connectivity index (χ0n) is 12.3. The van der Waals surface area contributed by atoms with E-state index in [0.717, 1.165) is 49.2 Å². The van der Waals surface area contributed by atoms with Crippen LogP contribution in [-0.2, 0) is 4.74 Å². The van der Waals surface area contributed by atoms with E-state index in [2.05, 4.69) is 11.9 Å². The lowest BCUT2D eigenvalue weighted by molar-refractivity contribution is 0.0295. The standard InChI is InChI=1S/C17H22N2O2/c1-13-15-5-2-3-6-16(15)17(20)19(13)11-4-12-21-14-7-9-18-10-8-14/h2-3,5-6,14,18H,1,4,7-12H2. The number of nitrogens with one attached hydrogen (secondary N) is 1. The molecule has 1 aromatic carbocycles. The highest BCUT2D eigenvalue weighted by atomic mass is 16.5. The molecule has 21 heavy (non-hydrogen) atoms. The van der Waals surface area contributed by atoms with Gasteiger partial charge in [0.15, 0.2) is 0 Å². The minimum absolute atomic E-state index is 0.0671. The molecule has 0 spiro atoms. The van der Waals surface area contributed by atoms with Crippen molar-refractivity contribution in [2.24, 2.45) is 0 Å². The highest BCUT2D eigenvalue weighted by Crippen LogP contribution is 2.31. The summed E-state index contributed by atoms with van der Waals surface area (Å²) in [6, 6.07) is 7.67. The number of nitrogens with zero attached hydrogens (tertiary/aromatic N) is 1. The number of fused-ring (bicyclic) bond motifs is 1. The number of piperidine rings is 1. The Labute approximate surface area is 125 Å². The topological polar surface area (TPSA) is 41.6 Å². The fourth-order valence-corrected chi connectivity index (χ4v) is 3.01. The molecule has 2 aliphatic rings. The summed E-state index contributed by atoms with van der Waals surface area (Å²) in [5, 5.41) is 3.33. The molecule has 0 unspecified atom stereocenters. The van der Waals surface area contributed by atoms with Crippen molar-refractivity contribution in [3.05, 3.63) is 42.0 Å². The van der Waals surface area contributed by atoms with Crippen LogP contribution in [0.3, 0.4) is 0 Å². The van der Waals surface area contributed by atoms with Gasteiger partial charge in [0.1, 0.15) is 0 Å². The molecule has 2 aliphatic heterocycles. The summed E-state index contributed by atoms with van der Waals surface area (Å²) in [6.07, 6.45) is 3.39. The van der Waals surface area contributed by atoms with Crippen LogP contribution >= 0.6 is 0 Å². The third-order valence-electron chi connectivity index (χ3n) is 4.21. The summed E-state index contributed by atoms with van der Waals surface area (Å²) in [5.74, 6) is 0.0671. The monoisotopic (exact) mass is 286 g/mol. The molecule has 3 rings (SSSR count). The van der Waals surface area contributed by atoms with Gasteiger partial charge >= 0.3 is 0 Å². The normalized spacial score (nSPS) is 19.1. The number of amides is 1. The maximum atomic E-state index is 12.3. The summed E-state index contributed by atoms with van der Waals surface area (Å²) < 4.78 is 5.88. The van der Waals surface area contributed by atoms with Crippen LogP contribution in [0.4, 0.5) is 0 Å². The first kappa shape index (κ1) is 14.3. The third-order valence-corrected chi connectivity index (χ3v) is 4.21. The molecule has 1 aromatic rings. The molecule has 0 atom stereocenters. The SMILES string of the molecule is C=C1c2ccccc2C(=O)N1CCCOC1CCNCC1. The van der Waals surface area contributed by atoms with Gasteiger partial charge < -0.3 is 15.0 Å². The van der Waals surface area contributed by atoms with Gasteiger partial charge in [-0.1, -0.05) is 24.8 Å². The molecule has 1 N–H and O–H groups in total. The largest absolute Gasteiger partial charge is 0.378 e. The first-order valence-corrected chi connectivity index (χ1v) is 7.70. The Morgan fingerprint density at radius 1 is 1.24 bits per heavy atom. The second-order valence-corrected chi connectivity index (χ2v) is 5.62. The van der Waals surface area contributed by atoms with E-state index in [1.54, 1.807) is 4.90 Å². The molecule has 4 heteroatoms. The van der Waals surface area contributed by atoms with Gasteiger partial charge in [-0.15, -0.1) is 0 Å². The van der Waals surface area contributed by atoms with E-state index in [1.165, 1.54) is 0 Å². The van der Waals surface area contributed by atoms with Crippen molar-refractivity contribution >= 4 is 11.6 Å². The van der Waals surface area contributed by atoms with E-state index in [-0.39, 0.29) is 5.91 Å². The van der Waals surface area contributed by atoms with Crippen LogP contribution in [-0.4, -0.2) is 43.2 Å². The van der Waals surface area contributed by atoms with Crippen molar-refractivity contribution in [2.45, 2.75) is 25.4 Å². The molecule has 0 saturated carbocycles. The van der Waals surface area contributed by atoms with Crippen molar-refractivity contribution in [2.75, 3.05) is 26.2 Å². The maximum Gasteiger partial charge on any atom is 0.258 e. The van der Waals surface area contributed by atoms with Gasteiger partial charge in [-0.3, -0.25) is 4.79 Å². The fraction of sp³-hybridized carbons (Fsp3) is 0.471. The second kappa shape index (κ2) is 6.41. The first-order chi connectivity index (χ1) is 10.3. The Balaban J connectivity index is 1.48. The Morgan fingerprint density at radius 2 is 1.95 bits per heavy atom. The predicted octanol–water partition coefficient (Wildman–Crippen LogP) is 2.27. The summed E-state index contributed by atoms with van der Waals surface area (Å²) >= 11 is 0. The summed E-state index contributed by atoms with van der Waals surface area (Å²) in [7, 11) is 0. The number of hydrogen-bond donors (Lipinski definition) is 1. The van der Waals surface area contributed by atoms with Crippen molar-refractivity contribution in [1.82, 2.24) is 10.2 Å². The van der Waals surface area contributed by atoms with Gasteiger partial charge in [-0.25, -0.2) is 0 Å². The molecule has 4 nitrogen and oxygen atoms in total. The summed E-state index contributed by atoms with van der Waals surface area (Å²) in [4.78, 5) is 14.1. The number of carbonyl (C=O) groups is 1. The Morgan fingerprint density at radius 3 is 2.67 bits per heavy atom. The zero-order valence-corrected chi connectivity index (χ0v) is 12.3. The highest BCUT2D eigenvalue weighted by Gasteiger charge is 2.29. The van der Waals surface area contributed by atoms with Crippen molar-refractivity contribution < 1.29 is 9.53 Å². The molecule has 1 saturated heterocycles. The van der Waals surface area contributed by atoms with Crippen molar-refractivity contribution in [3.63, 3.8) is 0 Å². The molecule has 1 fully saturated rings. The van der Waals surface area contributed by atoms with Crippen molar-refractivity contribution in [3.8, 4) is 0 Å². The van der Waals surface area contributed by atoms with Gasteiger partial charge in [-0.05, 0) is 38.4 Å². The summed E-state index contributed by atoms with van der Waals surface area (Å²) in [5.41, 5.74) is 2.54. The highest BCUT2D eigenvalue weighted by molar-refractivity contribution is 6.08. The van der Waals surface area contributed by atoms with E-state index in [9.17, 15) is 4.79 Å². The van der Waals surface area contributed by atoms with Gasteiger partial charge in [0, 0.05) is 30.0 Å². The lowest BCUT2D eigenvalue weighted by Crippen LogP contribution is -2.33. The lowest BCUT2D eigenvalue weighted by Gasteiger charge is -2.23. The maximum absolute atomic E-state index is 12.3. The Bertz CT molecular complexity index is 500. The van der Waals surface area contributed by atoms with Crippen LogP contribution in [0, 0.1) is 0 Å². The first-order valence-electron chi connectivity index (χ1n) is 7.70. The van der Waals surface area contributed by atoms with Crippen LogP contribution < -0.4 is 5.32 Å². The molecule has 1 amide bonds. The molecular formula is C17H22N2O2. The van der Waals surface area contributed by atoms with E-state index in [4.69, 9.17) is 4.74 Å². The minimum atomic E-state index is 0.0671. The number of rotatable bonds is 5. The van der Waals surface area contributed by atoms with Crippen LogP contribution in [0.15, 0.2) is 30.8 Å². The van der Waals surface area contributed by atoms with E-state index in [0.29, 0.717) is 19.3 Å². The smallest absolute Gasteiger partial charge is 0.258 e. The zero-order chi connectivity index (χ0) is 14.7. The molecule has 2 heterocycles. The Hall–Kier alpha value is -1.65. The lowest BCUT2D eigenvalue weighted by atomic mass is 10.1. The van der Waals surface area contributed by atoms with E-state index < -0.39 is 0 Å². The Kier molecular flexibility index (Phi) is 4.36. The third kappa shape index (κ3) is 3.01. The average molecular weight is 286 g/mol. The van der Waals surface area contributed by atoms with Crippen LogP contribution in [0.2, 0.25) is 0 Å². The molecular weight excluding hydrogens is 264 g/mol. The van der Waals surface area contributed by atoms with Crippen molar-refractivity contribution in [1.29, 1.82) is 0 Å². The second-order valence-electron chi connectivity index (χ2n) is 5.62. The fourth-order valence-electron chi connectivity index (χ4n) is 3.01. The van der Waals surface area contributed by atoms with Gasteiger partial charge in [0.05, 0.1) is 6.10 Å². The van der Waals surface area contributed by atoms with E-state index in [1.807, 2.05) is 24.3 Å². The van der Waals surface area contributed by atoms with E-state index >= 15 is 0 Å². The summed E-state index contributed by atoms with van der Waals surface area (Å²) in [6.45, 7) is 7.52. The average Bonchev–Trinajstić information content (AvgIpc) is 2.77. The number of benzene rings is 1. The number of ether oxygens (including phenoxy) is 1. The number of carbonyl (C=O) groups excluding carboxylic acids is 1. The molecule has 0 aromatic heterocycles. The van der Waals surface area contributed by atoms with Crippen LogP contribution in [0.1, 0.15) is 35.2 Å². The molecule has 0 aliphatic carbocycles. The molecule has 0 radical (unpaired) electrons. The van der Waals surface area contributed by atoms with Gasteiger partial charge in [0.25, 0.3) is 5.91 Å². The van der Waals surface area contributed by atoms with Crippen LogP contribution in [0.5, 0.6) is 0 Å². The van der Waals surface area contributed by atoms with Gasteiger partial charge in [-0.2, -0.15) is 0 Å². The number of hydrogen-bond acceptors (Lipinski definition) is 3. The minimum Gasteiger partial charge on any atom is -0.378 e. The van der Waals surface area contributed by atoms with Crippen LogP contribution in [0.25, 0.3) is 5.70 Å². The van der Waals surface area contributed by atoms with Gasteiger partial charge in [0.2, 0.25) is 0 Å².